The first kappa shape index (κ1) is 57.4. The van der Waals surface area contributed by atoms with E-state index in [-0.39, 0.29) is 27.1 Å². The molecular formula is C86H79N5O. The lowest BCUT2D eigenvalue weighted by atomic mass is 9.62. The first-order valence-electron chi connectivity index (χ1n) is 32.9. The van der Waals surface area contributed by atoms with Crippen LogP contribution in [0.25, 0.3) is 122 Å². The van der Waals surface area contributed by atoms with Gasteiger partial charge in [0.25, 0.3) is 6.33 Å². The van der Waals surface area contributed by atoms with E-state index in [0.717, 1.165) is 96.6 Å². The van der Waals surface area contributed by atoms with Crippen molar-refractivity contribution in [3.05, 3.63) is 253 Å². The fraction of sp³-hybridized carbons (Fsp3) is 0.233. The first-order valence-corrected chi connectivity index (χ1v) is 32.9. The number of ether oxygens (including phenoxy) is 1. The van der Waals surface area contributed by atoms with Crippen molar-refractivity contribution >= 4 is 54.6 Å². The summed E-state index contributed by atoms with van der Waals surface area (Å²) in [5, 5.41) is 4.74. The van der Waals surface area contributed by atoms with E-state index in [1.165, 1.54) is 71.8 Å². The van der Waals surface area contributed by atoms with Gasteiger partial charge in [0.1, 0.15) is 17.3 Å². The third-order valence-electron chi connectivity index (χ3n) is 20.4. The van der Waals surface area contributed by atoms with Crippen molar-refractivity contribution in [2.45, 2.75) is 130 Å². The fourth-order valence-corrected chi connectivity index (χ4v) is 15.1. The second-order valence-electron chi connectivity index (χ2n) is 30.5. The highest BCUT2D eigenvalue weighted by Gasteiger charge is 2.40. The summed E-state index contributed by atoms with van der Waals surface area (Å²) in [7, 11) is 0. The maximum absolute atomic E-state index is 7.13. The van der Waals surface area contributed by atoms with Crippen molar-refractivity contribution in [3.8, 4) is 78.9 Å². The highest BCUT2D eigenvalue weighted by Crippen LogP contribution is 2.54. The van der Waals surface area contributed by atoms with Crippen LogP contribution in [0.1, 0.15) is 131 Å². The van der Waals surface area contributed by atoms with Gasteiger partial charge in [0, 0.05) is 39.5 Å². The summed E-state index contributed by atoms with van der Waals surface area (Å²) in [5.74, 6) is 2.32. The van der Waals surface area contributed by atoms with Gasteiger partial charge in [-0.05, 0) is 191 Å². The van der Waals surface area contributed by atoms with E-state index in [4.69, 9.17) is 9.72 Å². The molecule has 0 amide bonds. The standard InChI is InChI=1S/C86H79N5O/c1-82(2,3)54-35-33-53(34-36-54)67-43-56(84(7,8)9)44-70-69-51-73-72(85(10,11)40-41-86(73,12)13)50-68(69)61-25-14-15-26-62(61)71-47-58(90-74-30-19-16-27-63(74)64-28-17-20-31-75(64)90)48-78-81(71)89(80(67)70)52-88(78)57-23-22-24-59(46-57)92-60-37-38-66-65-29-18-21-32-76(65)91(77(66)49-60)79-45-55(39-42-87-79)83(4,5)6/h14-39,42-51H,40-41H2,1-13H3. The highest BCUT2D eigenvalue weighted by atomic mass is 16.5. The van der Waals surface area contributed by atoms with Crippen molar-refractivity contribution in [3.63, 3.8) is 0 Å². The zero-order valence-corrected chi connectivity index (χ0v) is 55.3. The smallest absolute Gasteiger partial charge is 0.269 e. The average Bonchev–Trinajstić information content (AvgIpc) is 1.45. The Balaban J connectivity index is 1.00. The zero-order valence-electron chi connectivity index (χ0n) is 55.3. The summed E-state index contributed by atoms with van der Waals surface area (Å²) in [6.45, 7) is 30.6. The van der Waals surface area contributed by atoms with Gasteiger partial charge in [0.15, 0.2) is 0 Å². The Hall–Kier alpha value is -9.78. The summed E-state index contributed by atoms with van der Waals surface area (Å²) in [5.41, 5.74) is 25.4. The molecule has 0 radical (unpaired) electrons. The minimum absolute atomic E-state index is 0.0248. The second-order valence-corrected chi connectivity index (χ2v) is 30.5. The van der Waals surface area contributed by atoms with Crippen LogP contribution in [0.2, 0.25) is 0 Å². The molecule has 0 atom stereocenters. The van der Waals surface area contributed by atoms with Gasteiger partial charge in [-0.1, -0.05) is 217 Å². The molecule has 6 heteroatoms. The molecule has 92 heavy (non-hydrogen) atoms. The summed E-state index contributed by atoms with van der Waals surface area (Å²) in [6, 6.07) is 79.5. The predicted molar refractivity (Wildman–Crippen MR) is 383 cm³/mol. The minimum atomic E-state index is -0.193. The number of benzene rings is 10. The lowest BCUT2D eigenvalue weighted by Gasteiger charge is -2.42. The molecule has 0 bridgehead atoms. The van der Waals surface area contributed by atoms with Gasteiger partial charge in [0.05, 0.1) is 44.5 Å². The summed E-state index contributed by atoms with van der Waals surface area (Å²) in [6.07, 6.45) is 8.40. The monoisotopic (exact) mass is 1200 g/mol. The third-order valence-corrected chi connectivity index (χ3v) is 20.4. The third kappa shape index (κ3) is 9.18. The van der Waals surface area contributed by atoms with E-state index in [9.17, 15) is 0 Å². The summed E-state index contributed by atoms with van der Waals surface area (Å²) in [4.78, 5) is 5.00. The normalized spacial score (nSPS) is 14.4. The van der Waals surface area contributed by atoms with Gasteiger partial charge >= 0.3 is 0 Å². The number of pyridine rings is 1. The van der Waals surface area contributed by atoms with Crippen molar-refractivity contribution in [1.82, 2.24) is 18.7 Å². The highest BCUT2D eigenvalue weighted by molar-refractivity contribution is 6.11. The quantitative estimate of drug-likeness (QED) is 0.123. The van der Waals surface area contributed by atoms with Gasteiger partial charge in [-0.15, -0.1) is 0 Å². The molecule has 2 aliphatic rings. The maximum atomic E-state index is 7.13. The molecule has 6 nitrogen and oxygen atoms in total. The lowest BCUT2D eigenvalue weighted by Crippen LogP contribution is -2.34. The van der Waals surface area contributed by atoms with E-state index in [0.29, 0.717) is 5.75 Å². The topological polar surface area (TPSA) is 40.8 Å². The zero-order chi connectivity index (χ0) is 63.5. The Bertz CT molecular complexity index is 5310. The molecule has 1 aliphatic heterocycles. The van der Waals surface area contributed by atoms with Gasteiger partial charge in [-0.25, -0.2) is 4.98 Å². The molecule has 5 heterocycles. The Kier molecular flexibility index (Phi) is 12.7. The summed E-state index contributed by atoms with van der Waals surface area (Å²) >= 11 is 0. The molecule has 1 aliphatic carbocycles. The first-order chi connectivity index (χ1) is 44.0. The molecule has 4 aromatic heterocycles. The largest absolute Gasteiger partial charge is 0.458 e. The number of hydrogen-bond donors (Lipinski definition) is 0. The van der Waals surface area contributed by atoms with Crippen LogP contribution in [-0.4, -0.2) is 18.7 Å². The molecule has 0 saturated carbocycles. The van der Waals surface area contributed by atoms with Crippen LogP contribution in [0.15, 0.2) is 219 Å². The molecule has 0 spiro atoms. The minimum Gasteiger partial charge on any atom is -0.458 e. The van der Waals surface area contributed by atoms with Gasteiger partial charge in [-0.3, -0.25) is 13.7 Å². The van der Waals surface area contributed by atoms with Crippen LogP contribution in [0.4, 0.5) is 0 Å². The molecule has 16 rings (SSSR count). The van der Waals surface area contributed by atoms with Gasteiger partial charge in [0.2, 0.25) is 0 Å². The Morgan fingerprint density at radius 3 is 1.57 bits per heavy atom. The SMILES string of the molecule is CC(C)(C)c1ccc(-c2cc(C(C)(C)C)cc3c2-[n+]2[c-]n(-c4cccc(Oc5ccc6c7ccccc7n(-c7cc(C(C)(C)C)ccn7)c6c5)c4)c4cc(-n5c6ccccc6c6ccccc65)cc(c42)-c2ccccc2-c2cc4c(cc2-3)C(C)(C)CCC4(C)C)cc1. The number of nitrogens with zero attached hydrogens (tertiary/aromatic N) is 5. The van der Waals surface area contributed by atoms with E-state index in [1.54, 1.807) is 0 Å². The number of aromatic nitrogens is 5. The Morgan fingerprint density at radius 1 is 0.402 bits per heavy atom. The van der Waals surface area contributed by atoms with Crippen molar-refractivity contribution in [1.29, 1.82) is 0 Å². The van der Waals surface area contributed by atoms with Crippen LogP contribution < -0.4 is 9.30 Å². The fourth-order valence-electron chi connectivity index (χ4n) is 15.1. The molecule has 0 N–H and O–H groups in total. The van der Waals surface area contributed by atoms with Crippen molar-refractivity contribution in [2.75, 3.05) is 0 Å². The van der Waals surface area contributed by atoms with Gasteiger partial charge < -0.3 is 9.30 Å². The lowest BCUT2D eigenvalue weighted by molar-refractivity contribution is -0.570. The van der Waals surface area contributed by atoms with E-state index in [1.807, 2.05) is 6.20 Å². The molecule has 454 valence electrons. The number of para-hydroxylation sites is 3. The molecule has 0 unspecified atom stereocenters. The van der Waals surface area contributed by atoms with E-state index < -0.39 is 0 Å². The van der Waals surface area contributed by atoms with E-state index >= 15 is 0 Å². The van der Waals surface area contributed by atoms with Crippen LogP contribution in [-0.2, 0) is 27.1 Å². The Morgan fingerprint density at radius 2 is 0.946 bits per heavy atom. The number of hydrogen-bond acceptors (Lipinski definition) is 2. The van der Waals surface area contributed by atoms with Crippen LogP contribution in [0, 0.1) is 6.33 Å². The Labute approximate surface area is 541 Å². The number of rotatable bonds is 6. The van der Waals surface area contributed by atoms with Crippen LogP contribution in [0.3, 0.4) is 0 Å². The van der Waals surface area contributed by atoms with Crippen molar-refractivity contribution < 1.29 is 9.30 Å². The number of imidazole rings is 1. The molecule has 0 saturated heterocycles. The molecule has 14 aromatic rings. The van der Waals surface area contributed by atoms with Crippen LogP contribution in [0.5, 0.6) is 11.5 Å². The predicted octanol–water partition coefficient (Wildman–Crippen LogP) is 22.3. The number of fused-ring (bicyclic) bond motifs is 14. The second kappa shape index (κ2) is 20.4. The maximum Gasteiger partial charge on any atom is 0.269 e. The van der Waals surface area contributed by atoms with Crippen molar-refractivity contribution in [2.24, 2.45) is 0 Å². The molecule has 0 fully saturated rings. The van der Waals surface area contributed by atoms with Gasteiger partial charge in [-0.2, -0.15) is 0 Å². The van der Waals surface area contributed by atoms with Crippen LogP contribution >= 0.6 is 0 Å². The molecule has 10 aromatic carbocycles. The molecular weight excluding hydrogens is 1120 g/mol. The van der Waals surface area contributed by atoms with E-state index in [2.05, 4.69) is 327 Å². The summed E-state index contributed by atoms with van der Waals surface area (Å²) < 4.78 is 16.6. The average molecular weight is 1200 g/mol.